The van der Waals surface area contributed by atoms with E-state index in [1.807, 2.05) is 0 Å². The molecule has 1 atom stereocenters. The largest absolute Gasteiger partial charge is 0.302 e. The molecule has 0 spiro atoms. The van der Waals surface area contributed by atoms with Crippen LogP contribution in [0.1, 0.15) is 10.4 Å². The van der Waals surface area contributed by atoms with Crippen LogP contribution in [0.3, 0.4) is 0 Å². The van der Waals surface area contributed by atoms with Gasteiger partial charge in [0.2, 0.25) is 0 Å². The van der Waals surface area contributed by atoms with Crippen molar-refractivity contribution >= 4 is 22.2 Å². The van der Waals surface area contributed by atoms with E-state index < -0.39 is 16.5 Å². The second-order valence-corrected chi connectivity index (χ2v) is 3.19. The Bertz CT molecular complexity index is 301. The highest BCUT2D eigenvalue weighted by molar-refractivity contribution is 9.09. The van der Waals surface area contributed by atoms with Gasteiger partial charge >= 0.3 is 0 Å². The van der Waals surface area contributed by atoms with Crippen LogP contribution in [0.15, 0.2) is 18.2 Å². The maximum Gasteiger partial charge on any atom is 0.138 e. The Labute approximate surface area is 76.5 Å². The Kier molecular flexibility index (Phi) is 2.92. The minimum Gasteiger partial charge on any atom is -0.302 e. The average Bonchev–Trinajstić information content (AvgIpc) is 2.08. The first-order valence-electron chi connectivity index (χ1n) is 3.19. The smallest absolute Gasteiger partial charge is 0.138 e. The Morgan fingerprint density at radius 2 is 2.08 bits per heavy atom. The Balaban J connectivity index is 3.12. The van der Waals surface area contributed by atoms with Crippen LogP contribution in [0.5, 0.6) is 0 Å². The van der Waals surface area contributed by atoms with Crippen LogP contribution in [0, 0.1) is 11.6 Å². The number of hydrogen-bond acceptors (Lipinski definition) is 1. The van der Waals surface area contributed by atoms with E-state index in [-0.39, 0.29) is 5.56 Å². The van der Waals surface area contributed by atoms with Crippen LogP contribution in [-0.2, 0) is 4.79 Å². The summed E-state index contributed by atoms with van der Waals surface area (Å²) in [7, 11) is 0. The molecule has 0 radical (unpaired) electrons. The fraction of sp³-hybridized carbons (Fsp3) is 0.125. The molecule has 1 rings (SSSR count). The molecule has 0 N–H and O–H groups in total. The van der Waals surface area contributed by atoms with Gasteiger partial charge in [0.05, 0.1) is 4.83 Å². The van der Waals surface area contributed by atoms with E-state index in [2.05, 4.69) is 15.9 Å². The summed E-state index contributed by atoms with van der Waals surface area (Å²) in [6, 6.07) is 2.98. The van der Waals surface area contributed by atoms with Crippen LogP contribution < -0.4 is 0 Å². The first-order valence-corrected chi connectivity index (χ1v) is 4.11. The van der Waals surface area contributed by atoms with Gasteiger partial charge in [0.15, 0.2) is 0 Å². The zero-order valence-corrected chi connectivity index (χ0v) is 7.51. The predicted octanol–water partition coefficient (Wildman–Crippen LogP) is 2.60. The molecule has 4 heteroatoms. The minimum absolute atomic E-state index is 0.0185. The number of benzene rings is 1. The zero-order valence-electron chi connectivity index (χ0n) is 5.93. The molecule has 1 aromatic rings. The van der Waals surface area contributed by atoms with Crippen molar-refractivity contribution in [1.82, 2.24) is 0 Å². The topological polar surface area (TPSA) is 17.1 Å². The van der Waals surface area contributed by atoms with Crippen molar-refractivity contribution in [3.63, 3.8) is 0 Å². The normalized spacial score (nSPS) is 12.6. The second kappa shape index (κ2) is 3.76. The Hall–Kier alpha value is -0.770. The molecular weight excluding hydrogens is 230 g/mol. The maximum absolute atomic E-state index is 12.9. The van der Waals surface area contributed by atoms with Gasteiger partial charge in [-0.2, -0.15) is 0 Å². The summed E-state index contributed by atoms with van der Waals surface area (Å²) in [6.45, 7) is 0. The summed E-state index contributed by atoms with van der Waals surface area (Å²) in [4.78, 5) is 9.45. The third-order valence-corrected chi connectivity index (χ3v) is 2.08. The van der Waals surface area contributed by atoms with E-state index in [1.165, 1.54) is 0 Å². The monoisotopic (exact) mass is 234 g/mol. The van der Waals surface area contributed by atoms with Gasteiger partial charge in [-0.15, -0.1) is 0 Å². The molecule has 1 aromatic carbocycles. The summed E-state index contributed by atoms with van der Waals surface area (Å²) < 4.78 is 25.4. The van der Waals surface area contributed by atoms with Crippen LogP contribution in [0.2, 0.25) is 0 Å². The Morgan fingerprint density at radius 3 is 2.67 bits per heavy atom. The highest BCUT2D eigenvalue weighted by atomic mass is 79.9. The van der Waals surface area contributed by atoms with Crippen molar-refractivity contribution < 1.29 is 13.6 Å². The summed E-state index contributed by atoms with van der Waals surface area (Å²) in [5, 5.41) is 0. The zero-order chi connectivity index (χ0) is 9.14. The Morgan fingerprint density at radius 1 is 1.42 bits per heavy atom. The van der Waals surface area contributed by atoms with Gasteiger partial charge in [-0.25, -0.2) is 8.78 Å². The highest BCUT2D eigenvalue weighted by Crippen LogP contribution is 2.23. The molecule has 0 aliphatic heterocycles. The second-order valence-electron chi connectivity index (χ2n) is 2.20. The van der Waals surface area contributed by atoms with E-state index in [9.17, 15) is 13.6 Å². The number of hydrogen-bond donors (Lipinski definition) is 0. The third kappa shape index (κ3) is 1.88. The van der Waals surface area contributed by atoms with Gasteiger partial charge in [0.1, 0.15) is 17.9 Å². The number of carbonyl (C=O) groups is 1. The van der Waals surface area contributed by atoms with Gasteiger partial charge in [-0.05, 0) is 18.2 Å². The molecule has 1 nitrogen and oxygen atoms in total. The van der Waals surface area contributed by atoms with Crippen LogP contribution in [-0.4, -0.2) is 6.29 Å². The van der Waals surface area contributed by atoms with Gasteiger partial charge < -0.3 is 4.79 Å². The average molecular weight is 235 g/mol. The van der Waals surface area contributed by atoms with Crippen molar-refractivity contribution in [3.8, 4) is 0 Å². The molecule has 0 amide bonds. The quantitative estimate of drug-likeness (QED) is 0.568. The predicted molar refractivity (Wildman–Crippen MR) is 44.1 cm³/mol. The van der Waals surface area contributed by atoms with E-state index in [0.29, 0.717) is 6.29 Å². The molecule has 0 aliphatic rings. The van der Waals surface area contributed by atoms with E-state index in [1.54, 1.807) is 0 Å². The molecule has 0 bridgehead atoms. The van der Waals surface area contributed by atoms with Gasteiger partial charge in [-0.1, -0.05) is 15.9 Å². The van der Waals surface area contributed by atoms with Crippen molar-refractivity contribution in [2.45, 2.75) is 4.83 Å². The molecule has 0 aliphatic carbocycles. The lowest BCUT2D eigenvalue weighted by Gasteiger charge is -2.03. The van der Waals surface area contributed by atoms with Crippen molar-refractivity contribution in [2.24, 2.45) is 0 Å². The number of carbonyl (C=O) groups excluding carboxylic acids is 1. The fourth-order valence-electron chi connectivity index (χ4n) is 0.799. The summed E-state index contributed by atoms with van der Waals surface area (Å²) in [5.41, 5.74) is 0.0185. The lowest BCUT2D eigenvalue weighted by Crippen LogP contribution is -1.95. The van der Waals surface area contributed by atoms with Crippen molar-refractivity contribution in [3.05, 3.63) is 35.4 Å². The number of halogens is 3. The first-order chi connectivity index (χ1) is 5.65. The number of aldehydes is 1. The molecule has 0 fully saturated rings. The molecule has 12 heavy (non-hydrogen) atoms. The first kappa shape index (κ1) is 9.32. The molecular formula is C8H5BrF2O. The SMILES string of the molecule is O=C[C@@H](Br)c1cc(F)ccc1F. The van der Waals surface area contributed by atoms with E-state index in [4.69, 9.17) is 0 Å². The molecule has 0 saturated heterocycles. The lowest BCUT2D eigenvalue weighted by molar-refractivity contribution is -0.107. The summed E-state index contributed by atoms with van der Waals surface area (Å²) >= 11 is 2.90. The summed E-state index contributed by atoms with van der Waals surface area (Å²) in [6.07, 6.45) is 0.498. The lowest BCUT2D eigenvalue weighted by atomic mass is 10.1. The summed E-state index contributed by atoms with van der Waals surface area (Å²) in [5.74, 6) is -1.15. The van der Waals surface area contributed by atoms with Crippen molar-refractivity contribution in [1.29, 1.82) is 0 Å². The molecule has 0 heterocycles. The number of rotatable bonds is 2. The van der Waals surface area contributed by atoms with Gasteiger partial charge in [-0.3, -0.25) is 0 Å². The van der Waals surface area contributed by atoms with Crippen LogP contribution in [0.25, 0.3) is 0 Å². The number of alkyl halides is 1. The standard InChI is InChI=1S/C8H5BrF2O/c9-7(4-12)6-3-5(10)1-2-8(6)11/h1-4,7H/t7-/m1/s1. The third-order valence-electron chi connectivity index (χ3n) is 1.37. The molecule has 0 aromatic heterocycles. The van der Waals surface area contributed by atoms with Gasteiger partial charge in [0, 0.05) is 5.56 Å². The van der Waals surface area contributed by atoms with E-state index in [0.717, 1.165) is 18.2 Å². The van der Waals surface area contributed by atoms with Crippen LogP contribution in [0.4, 0.5) is 8.78 Å². The van der Waals surface area contributed by atoms with E-state index >= 15 is 0 Å². The minimum atomic E-state index is -0.784. The fourth-order valence-corrected chi connectivity index (χ4v) is 1.15. The van der Waals surface area contributed by atoms with Crippen LogP contribution >= 0.6 is 15.9 Å². The molecule has 0 unspecified atom stereocenters. The molecule has 0 saturated carbocycles. The maximum atomic E-state index is 12.9. The molecule has 64 valence electrons. The van der Waals surface area contributed by atoms with Crippen molar-refractivity contribution in [2.75, 3.05) is 0 Å². The van der Waals surface area contributed by atoms with Gasteiger partial charge in [0.25, 0.3) is 0 Å². The highest BCUT2D eigenvalue weighted by Gasteiger charge is 2.11.